The highest BCUT2D eigenvalue weighted by Crippen LogP contribution is 2.17. The van der Waals surface area contributed by atoms with Crippen molar-refractivity contribution in [2.75, 3.05) is 13.2 Å². The number of ether oxygens (including phenoxy) is 2. The molecule has 0 fully saturated rings. The number of carbonyl (C=O) groups is 2. The number of benzene rings is 1. The molecule has 1 unspecified atom stereocenters. The first-order chi connectivity index (χ1) is 11.6. The summed E-state index contributed by atoms with van der Waals surface area (Å²) >= 11 is 0. The fourth-order valence-electron chi connectivity index (χ4n) is 2.39. The van der Waals surface area contributed by atoms with Crippen molar-refractivity contribution in [3.63, 3.8) is 0 Å². The molecule has 134 valence electrons. The number of unbranched alkanes of at least 4 members (excludes halogenated alkanes) is 2. The molecule has 0 heterocycles. The number of hydrogen-bond acceptors (Lipinski definition) is 4. The molecule has 0 radical (unpaired) electrons. The fraction of sp³-hybridized carbons (Fsp3) is 0.600. The normalized spacial score (nSPS) is 11.8. The van der Waals surface area contributed by atoms with Crippen LogP contribution in [-0.4, -0.2) is 25.2 Å². The number of hydrogen-bond donors (Lipinski definition) is 0. The van der Waals surface area contributed by atoms with E-state index in [1.165, 1.54) is 0 Å². The smallest absolute Gasteiger partial charge is 0.309 e. The Morgan fingerprint density at radius 1 is 1.04 bits per heavy atom. The average Bonchev–Trinajstić information content (AvgIpc) is 2.54. The van der Waals surface area contributed by atoms with Crippen molar-refractivity contribution >= 4 is 11.9 Å². The molecule has 1 aromatic carbocycles. The van der Waals surface area contributed by atoms with Crippen molar-refractivity contribution in [3.05, 3.63) is 35.4 Å². The van der Waals surface area contributed by atoms with Crippen molar-refractivity contribution in [3.8, 4) is 0 Å². The van der Waals surface area contributed by atoms with Gasteiger partial charge in [0.25, 0.3) is 0 Å². The van der Waals surface area contributed by atoms with Gasteiger partial charge in [-0.2, -0.15) is 0 Å². The Balaban J connectivity index is 2.67. The van der Waals surface area contributed by atoms with E-state index in [0.29, 0.717) is 19.6 Å². The quantitative estimate of drug-likeness (QED) is 0.449. The molecule has 1 rings (SSSR count). The van der Waals surface area contributed by atoms with E-state index >= 15 is 0 Å². The van der Waals surface area contributed by atoms with E-state index in [1.54, 1.807) is 0 Å². The molecule has 0 N–H and O–H groups in total. The molecule has 0 aliphatic heterocycles. The molecular weight excluding hydrogens is 304 g/mol. The highest BCUT2D eigenvalue weighted by molar-refractivity contribution is 5.80. The zero-order valence-corrected chi connectivity index (χ0v) is 15.2. The summed E-state index contributed by atoms with van der Waals surface area (Å²) in [5.74, 6) is -1.12. The van der Waals surface area contributed by atoms with Gasteiger partial charge in [-0.05, 0) is 31.7 Å². The Bertz CT molecular complexity index is 510. The van der Waals surface area contributed by atoms with Crippen LogP contribution >= 0.6 is 0 Å². The lowest BCUT2D eigenvalue weighted by atomic mass is 9.95. The molecule has 4 heteroatoms. The second-order valence-electron chi connectivity index (χ2n) is 6.19. The van der Waals surface area contributed by atoms with Crippen LogP contribution < -0.4 is 0 Å². The second kappa shape index (κ2) is 11.7. The zero-order chi connectivity index (χ0) is 17.8. The van der Waals surface area contributed by atoms with Gasteiger partial charge in [0.15, 0.2) is 0 Å². The second-order valence-corrected chi connectivity index (χ2v) is 6.19. The lowest BCUT2D eigenvalue weighted by Crippen LogP contribution is -2.24. The first kappa shape index (κ1) is 20.2. The van der Waals surface area contributed by atoms with Crippen LogP contribution in [0.3, 0.4) is 0 Å². The summed E-state index contributed by atoms with van der Waals surface area (Å²) in [6.45, 7) is 6.92. The maximum Gasteiger partial charge on any atom is 0.309 e. The van der Waals surface area contributed by atoms with Crippen LogP contribution in [0.25, 0.3) is 0 Å². The molecule has 0 amide bonds. The van der Waals surface area contributed by atoms with Crippen LogP contribution in [0.4, 0.5) is 0 Å². The molecule has 0 aromatic heterocycles. The van der Waals surface area contributed by atoms with E-state index in [4.69, 9.17) is 9.47 Å². The maximum atomic E-state index is 12.3. The molecule has 4 nitrogen and oxygen atoms in total. The highest BCUT2D eigenvalue weighted by Gasteiger charge is 2.24. The molecule has 0 saturated carbocycles. The molecule has 1 atom stereocenters. The lowest BCUT2D eigenvalue weighted by molar-refractivity contribution is -0.155. The highest BCUT2D eigenvalue weighted by atomic mass is 16.5. The first-order valence-electron chi connectivity index (χ1n) is 8.94. The van der Waals surface area contributed by atoms with Gasteiger partial charge >= 0.3 is 11.9 Å². The van der Waals surface area contributed by atoms with E-state index in [-0.39, 0.29) is 18.4 Å². The Hall–Kier alpha value is -1.84. The standard InChI is InChI=1S/C20H30O4/c1-4-6-11-23-19(21)15-18(20(22)24-12-7-5-2)14-17-10-8-9-16(3)13-17/h8-10,13,18H,4-7,11-12,14-15H2,1-3H3. The number of rotatable bonds is 11. The largest absolute Gasteiger partial charge is 0.466 e. The first-order valence-corrected chi connectivity index (χ1v) is 8.94. The topological polar surface area (TPSA) is 52.6 Å². The molecular formula is C20H30O4. The number of esters is 2. The summed E-state index contributed by atoms with van der Waals surface area (Å²) in [5.41, 5.74) is 2.17. The van der Waals surface area contributed by atoms with Gasteiger partial charge in [-0.3, -0.25) is 9.59 Å². The van der Waals surface area contributed by atoms with Gasteiger partial charge < -0.3 is 9.47 Å². The summed E-state index contributed by atoms with van der Waals surface area (Å²) in [6, 6.07) is 7.98. The third-order valence-corrected chi connectivity index (χ3v) is 3.81. The lowest BCUT2D eigenvalue weighted by Gasteiger charge is -2.16. The summed E-state index contributed by atoms with van der Waals surface area (Å²) in [4.78, 5) is 24.3. The third-order valence-electron chi connectivity index (χ3n) is 3.81. The van der Waals surface area contributed by atoms with Gasteiger partial charge in [0.1, 0.15) is 0 Å². The van der Waals surface area contributed by atoms with Gasteiger partial charge in [0.2, 0.25) is 0 Å². The van der Waals surface area contributed by atoms with Crippen LogP contribution in [0.15, 0.2) is 24.3 Å². The monoisotopic (exact) mass is 334 g/mol. The van der Waals surface area contributed by atoms with Gasteiger partial charge in [-0.15, -0.1) is 0 Å². The van der Waals surface area contributed by atoms with Crippen LogP contribution in [0.2, 0.25) is 0 Å². The Morgan fingerprint density at radius 3 is 2.33 bits per heavy atom. The zero-order valence-electron chi connectivity index (χ0n) is 15.2. The predicted octanol–water partition coefficient (Wildman–Crippen LogP) is 4.23. The van der Waals surface area contributed by atoms with Crippen LogP contribution in [0.5, 0.6) is 0 Å². The summed E-state index contributed by atoms with van der Waals surface area (Å²) in [6.07, 6.45) is 4.19. The molecule has 0 saturated heterocycles. The van der Waals surface area contributed by atoms with Crippen molar-refractivity contribution in [2.24, 2.45) is 5.92 Å². The van der Waals surface area contributed by atoms with Crippen molar-refractivity contribution in [2.45, 2.75) is 59.3 Å². The Morgan fingerprint density at radius 2 is 1.71 bits per heavy atom. The molecule has 0 spiro atoms. The van der Waals surface area contributed by atoms with E-state index in [2.05, 4.69) is 0 Å². The van der Waals surface area contributed by atoms with Crippen molar-refractivity contribution in [1.29, 1.82) is 0 Å². The van der Waals surface area contributed by atoms with E-state index in [9.17, 15) is 9.59 Å². The van der Waals surface area contributed by atoms with Gasteiger partial charge in [-0.25, -0.2) is 0 Å². The molecule has 24 heavy (non-hydrogen) atoms. The number of carbonyl (C=O) groups excluding carboxylic acids is 2. The number of aryl methyl sites for hydroxylation is 1. The summed E-state index contributed by atoms with van der Waals surface area (Å²) < 4.78 is 10.5. The van der Waals surface area contributed by atoms with Gasteiger partial charge in [0.05, 0.1) is 25.6 Å². The Kier molecular flexibility index (Phi) is 9.81. The summed E-state index contributed by atoms with van der Waals surface area (Å²) in [5, 5.41) is 0. The molecule has 0 aliphatic carbocycles. The van der Waals surface area contributed by atoms with Gasteiger partial charge in [-0.1, -0.05) is 56.5 Å². The Labute approximate surface area is 145 Å². The minimum Gasteiger partial charge on any atom is -0.466 e. The van der Waals surface area contributed by atoms with E-state index in [1.807, 2.05) is 45.0 Å². The maximum absolute atomic E-state index is 12.3. The fourth-order valence-corrected chi connectivity index (χ4v) is 2.39. The minimum absolute atomic E-state index is 0.0720. The molecule has 0 aliphatic rings. The van der Waals surface area contributed by atoms with Crippen LogP contribution in [0.1, 0.15) is 57.1 Å². The van der Waals surface area contributed by atoms with Crippen molar-refractivity contribution in [1.82, 2.24) is 0 Å². The molecule has 0 bridgehead atoms. The van der Waals surface area contributed by atoms with E-state index in [0.717, 1.165) is 36.8 Å². The van der Waals surface area contributed by atoms with Crippen LogP contribution in [0, 0.1) is 12.8 Å². The van der Waals surface area contributed by atoms with E-state index < -0.39 is 5.92 Å². The average molecular weight is 334 g/mol. The van der Waals surface area contributed by atoms with Gasteiger partial charge in [0, 0.05) is 0 Å². The molecule has 1 aromatic rings. The predicted molar refractivity (Wildman–Crippen MR) is 94.7 cm³/mol. The SMILES string of the molecule is CCCCOC(=O)CC(Cc1cccc(C)c1)C(=O)OCCCC. The van der Waals surface area contributed by atoms with Crippen molar-refractivity contribution < 1.29 is 19.1 Å². The minimum atomic E-state index is -0.488. The van der Waals surface area contributed by atoms with Crippen LogP contribution in [-0.2, 0) is 25.5 Å². The third kappa shape index (κ3) is 8.14. The summed E-state index contributed by atoms with van der Waals surface area (Å²) in [7, 11) is 0.